The van der Waals surface area contributed by atoms with Gasteiger partial charge in [-0.3, -0.25) is 4.79 Å². The molecule has 0 saturated carbocycles. The molecule has 0 saturated heterocycles. The van der Waals surface area contributed by atoms with Gasteiger partial charge in [0.15, 0.2) is 0 Å². The Hall–Kier alpha value is -1.81. The van der Waals surface area contributed by atoms with Crippen molar-refractivity contribution in [3.8, 4) is 5.75 Å². The average Bonchev–Trinajstić information content (AvgIpc) is 2.42. The van der Waals surface area contributed by atoms with E-state index in [0.29, 0.717) is 13.1 Å². The zero-order valence-electron chi connectivity index (χ0n) is 10.7. The van der Waals surface area contributed by atoms with Crippen molar-refractivity contribution >= 4 is 5.91 Å². The van der Waals surface area contributed by atoms with E-state index in [1.807, 2.05) is 24.3 Å². The van der Waals surface area contributed by atoms with Crippen LogP contribution in [0.4, 0.5) is 0 Å². The van der Waals surface area contributed by atoms with Crippen molar-refractivity contribution in [2.75, 3.05) is 26.7 Å². The predicted molar refractivity (Wildman–Crippen MR) is 72.8 cm³/mol. The number of benzene rings is 1. The van der Waals surface area contributed by atoms with Gasteiger partial charge in [-0.05, 0) is 30.7 Å². The summed E-state index contributed by atoms with van der Waals surface area (Å²) >= 11 is 0. The number of hydrogen-bond donors (Lipinski definition) is 2. The Balaban J connectivity index is 2.17. The molecule has 0 heterocycles. The van der Waals surface area contributed by atoms with Crippen LogP contribution in [-0.2, 0) is 11.2 Å². The Labute approximate surface area is 108 Å². The number of nitrogens with one attached hydrogen (secondary N) is 2. The van der Waals surface area contributed by atoms with Crippen LogP contribution in [0.3, 0.4) is 0 Å². The topological polar surface area (TPSA) is 50.4 Å². The lowest BCUT2D eigenvalue weighted by Gasteiger charge is -2.06. The van der Waals surface area contributed by atoms with Gasteiger partial charge >= 0.3 is 0 Å². The molecular weight excluding hydrogens is 228 g/mol. The van der Waals surface area contributed by atoms with Gasteiger partial charge in [0.05, 0.1) is 13.7 Å². The second kappa shape index (κ2) is 8.31. The Morgan fingerprint density at radius 2 is 2.11 bits per heavy atom. The van der Waals surface area contributed by atoms with Crippen LogP contribution in [0.1, 0.15) is 5.56 Å². The Morgan fingerprint density at radius 3 is 2.72 bits per heavy atom. The van der Waals surface area contributed by atoms with Crippen LogP contribution in [0.25, 0.3) is 0 Å². The summed E-state index contributed by atoms with van der Waals surface area (Å²) in [4.78, 5) is 11.3. The van der Waals surface area contributed by atoms with Gasteiger partial charge in [-0.2, -0.15) is 0 Å². The first-order valence-electron chi connectivity index (χ1n) is 5.97. The zero-order valence-corrected chi connectivity index (χ0v) is 10.7. The van der Waals surface area contributed by atoms with Crippen LogP contribution < -0.4 is 15.4 Å². The third kappa shape index (κ3) is 5.50. The summed E-state index contributed by atoms with van der Waals surface area (Å²) in [5.74, 6) is 0.847. The van der Waals surface area contributed by atoms with E-state index in [1.165, 1.54) is 5.56 Å². The van der Waals surface area contributed by atoms with E-state index < -0.39 is 0 Å². The Bertz CT molecular complexity index is 374. The Morgan fingerprint density at radius 1 is 1.39 bits per heavy atom. The standard InChI is InChI=1S/C14H20N2O2/c1-3-9-16-14(17)11-15-10-8-12-4-6-13(18-2)7-5-12/h3-7,15H,1,8-11H2,2H3,(H,16,17). The minimum absolute atomic E-state index is 0.00960. The third-order valence-corrected chi connectivity index (χ3v) is 2.48. The molecule has 0 aromatic heterocycles. The molecule has 0 aliphatic rings. The molecule has 1 rings (SSSR count). The van der Waals surface area contributed by atoms with Gasteiger partial charge in [0.25, 0.3) is 0 Å². The van der Waals surface area contributed by atoms with E-state index in [1.54, 1.807) is 13.2 Å². The minimum atomic E-state index is -0.00960. The first-order valence-corrected chi connectivity index (χ1v) is 5.97. The molecule has 0 radical (unpaired) electrons. The van der Waals surface area contributed by atoms with Crippen LogP contribution in [0.2, 0.25) is 0 Å². The molecule has 98 valence electrons. The second-order valence-electron chi connectivity index (χ2n) is 3.87. The van der Waals surface area contributed by atoms with Crippen molar-refractivity contribution < 1.29 is 9.53 Å². The van der Waals surface area contributed by atoms with E-state index in [2.05, 4.69) is 17.2 Å². The van der Waals surface area contributed by atoms with E-state index in [0.717, 1.165) is 18.7 Å². The van der Waals surface area contributed by atoms with Crippen LogP contribution in [0, 0.1) is 0 Å². The lowest BCUT2D eigenvalue weighted by molar-refractivity contribution is -0.120. The van der Waals surface area contributed by atoms with Crippen molar-refractivity contribution in [1.29, 1.82) is 0 Å². The van der Waals surface area contributed by atoms with Crippen molar-refractivity contribution in [3.63, 3.8) is 0 Å². The fourth-order valence-corrected chi connectivity index (χ4v) is 1.48. The van der Waals surface area contributed by atoms with E-state index >= 15 is 0 Å². The van der Waals surface area contributed by atoms with Gasteiger partial charge in [-0.1, -0.05) is 18.2 Å². The number of carbonyl (C=O) groups excluding carboxylic acids is 1. The average molecular weight is 248 g/mol. The summed E-state index contributed by atoms with van der Waals surface area (Å²) < 4.78 is 5.09. The molecule has 4 heteroatoms. The van der Waals surface area contributed by atoms with Crippen LogP contribution >= 0.6 is 0 Å². The quantitative estimate of drug-likeness (QED) is 0.535. The highest BCUT2D eigenvalue weighted by Crippen LogP contribution is 2.11. The molecule has 0 unspecified atom stereocenters. The molecule has 1 amide bonds. The molecule has 4 nitrogen and oxygen atoms in total. The first-order chi connectivity index (χ1) is 8.76. The molecule has 2 N–H and O–H groups in total. The third-order valence-electron chi connectivity index (χ3n) is 2.48. The van der Waals surface area contributed by atoms with Crippen molar-refractivity contribution in [1.82, 2.24) is 10.6 Å². The van der Waals surface area contributed by atoms with Gasteiger partial charge in [0.2, 0.25) is 5.91 Å². The number of rotatable bonds is 8. The highest BCUT2D eigenvalue weighted by molar-refractivity contribution is 5.78. The van der Waals surface area contributed by atoms with Crippen LogP contribution in [0.15, 0.2) is 36.9 Å². The number of ether oxygens (including phenoxy) is 1. The molecule has 1 aromatic carbocycles. The van der Waals surface area contributed by atoms with E-state index in [4.69, 9.17) is 4.74 Å². The summed E-state index contributed by atoms with van der Waals surface area (Å²) in [7, 11) is 1.65. The molecular formula is C14H20N2O2. The van der Waals surface area contributed by atoms with E-state index in [-0.39, 0.29) is 5.91 Å². The smallest absolute Gasteiger partial charge is 0.234 e. The van der Waals surface area contributed by atoms with Gasteiger partial charge in [0, 0.05) is 6.54 Å². The number of hydrogen-bond acceptors (Lipinski definition) is 3. The van der Waals surface area contributed by atoms with Crippen molar-refractivity contribution in [2.24, 2.45) is 0 Å². The maximum Gasteiger partial charge on any atom is 0.234 e. The second-order valence-corrected chi connectivity index (χ2v) is 3.87. The fraction of sp³-hybridized carbons (Fsp3) is 0.357. The minimum Gasteiger partial charge on any atom is -0.497 e. The summed E-state index contributed by atoms with van der Waals surface area (Å²) in [6, 6.07) is 7.93. The molecule has 18 heavy (non-hydrogen) atoms. The van der Waals surface area contributed by atoms with Crippen molar-refractivity contribution in [2.45, 2.75) is 6.42 Å². The maximum absolute atomic E-state index is 11.3. The molecule has 0 aliphatic carbocycles. The fourth-order valence-electron chi connectivity index (χ4n) is 1.48. The molecule has 1 aromatic rings. The van der Waals surface area contributed by atoms with Gasteiger partial charge in [0.1, 0.15) is 5.75 Å². The number of amides is 1. The maximum atomic E-state index is 11.3. The van der Waals surface area contributed by atoms with Gasteiger partial charge in [-0.25, -0.2) is 0 Å². The summed E-state index contributed by atoms with van der Waals surface area (Å²) in [5, 5.41) is 5.80. The molecule has 0 bridgehead atoms. The SMILES string of the molecule is C=CCNC(=O)CNCCc1ccc(OC)cc1. The molecule has 0 spiro atoms. The van der Waals surface area contributed by atoms with E-state index in [9.17, 15) is 4.79 Å². The van der Waals surface area contributed by atoms with Crippen LogP contribution in [0.5, 0.6) is 5.75 Å². The highest BCUT2D eigenvalue weighted by Gasteiger charge is 1.98. The monoisotopic (exact) mass is 248 g/mol. The van der Waals surface area contributed by atoms with Gasteiger partial charge < -0.3 is 15.4 Å². The molecule has 0 fully saturated rings. The zero-order chi connectivity index (χ0) is 13.2. The summed E-state index contributed by atoms with van der Waals surface area (Å²) in [6.45, 7) is 5.16. The van der Waals surface area contributed by atoms with Gasteiger partial charge in [-0.15, -0.1) is 6.58 Å². The number of carbonyl (C=O) groups is 1. The molecule has 0 atom stereocenters. The van der Waals surface area contributed by atoms with Crippen molar-refractivity contribution in [3.05, 3.63) is 42.5 Å². The number of methoxy groups -OCH3 is 1. The largest absolute Gasteiger partial charge is 0.497 e. The lowest BCUT2D eigenvalue weighted by atomic mass is 10.1. The highest BCUT2D eigenvalue weighted by atomic mass is 16.5. The first kappa shape index (κ1) is 14.3. The predicted octanol–water partition coefficient (Wildman–Crippen LogP) is 1.13. The summed E-state index contributed by atoms with van der Waals surface area (Å²) in [6.07, 6.45) is 2.55. The van der Waals surface area contributed by atoms with Crippen LogP contribution in [-0.4, -0.2) is 32.7 Å². The lowest BCUT2D eigenvalue weighted by Crippen LogP contribution is -2.34. The molecule has 0 aliphatic heterocycles. The summed E-state index contributed by atoms with van der Waals surface area (Å²) in [5.41, 5.74) is 1.22. The normalized spacial score (nSPS) is 9.83. The Kier molecular flexibility index (Phi) is 6.58.